The molecule has 0 fully saturated rings. The number of hydrogen-bond donors (Lipinski definition) is 3. The number of nitrogens with one attached hydrogen (secondary N) is 3. The first-order chi connectivity index (χ1) is 10.1. The van der Waals surface area contributed by atoms with Gasteiger partial charge in [-0.05, 0) is 31.2 Å². The number of urea groups is 1. The third kappa shape index (κ3) is 7.26. The zero-order chi connectivity index (χ0) is 15.5. The molecule has 6 nitrogen and oxygen atoms in total. The molecule has 0 aromatic heterocycles. The van der Waals surface area contributed by atoms with Crippen molar-refractivity contribution in [2.24, 2.45) is 0 Å². The highest BCUT2D eigenvalue weighted by atomic mass is 19.1. The van der Waals surface area contributed by atoms with E-state index in [1.165, 1.54) is 24.3 Å². The van der Waals surface area contributed by atoms with Crippen LogP contribution in [0, 0.1) is 5.82 Å². The Labute approximate surface area is 123 Å². The Bertz CT molecular complexity index is 451. The summed E-state index contributed by atoms with van der Waals surface area (Å²) < 4.78 is 17.8. The summed E-state index contributed by atoms with van der Waals surface area (Å²) >= 11 is 0. The van der Waals surface area contributed by atoms with Gasteiger partial charge in [-0.2, -0.15) is 0 Å². The Balaban J connectivity index is 2.12. The van der Waals surface area contributed by atoms with E-state index in [9.17, 15) is 14.0 Å². The summed E-state index contributed by atoms with van der Waals surface area (Å²) in [5.74, 6) is -0.703. The van der Waals surface area contributed by atoms with Crippen LogP contribution in [0.5, 0.6) is 0 Å². The van der Waals surface area contributed by atoms with Crippen molar-refractivity contribution in [2.45, 2.75) is 6.92 Å². The molecule has 3 amide bonds. The fourth-order valence-electron chi connectivity index (χ4n) is 1.50. The smallest absolute Gasteiger partial charge is 0.314 e. The summed E-state index contributed by atoms with van der Waals surface area (Å²) in [6, 6.07) is 4.93. The number of halogens is 1. The lowest BCUT2D eigenvalue weighted by atomic mass is 10.2. The Hall–Kier alpha value is -2.15. The molecule has 1 aromatic rings. The minimum atomic E-state index is -0.392. The maximum absolute atomic E-state index is 12.7. The highest BCUT2D eigenvalue weighted by Gasteiger charge is 2.05. The Kier molecular flexibility index (Phi) is 7.81. The van der Waals surface area contributed by atoms with Crippen molar-refractivity contribution >= 4 is 11.9 Å². The number of benzene rings is 1. The molecular formula is C14H20FN3O3. The summed E-state index contributed by atoms with van der Waals surface area (Å²) in [5.41, 5.74) is 0.373. The van der Waals surface area contributed by atoms with E-state index in [1.807, 2.05) is 6.92 Å². The first-order valence-corrected chi connectivity index (χ1v) is 6.76. The molecular weight excluding hydrogens is 277 g/mol. The van der Waals surface area contributed by atoms with Crippen LogP contribution in [0.2, 0.25) is 0 Å². The van der Waals surface area contributed by atoms with Crippen LogP contribution in [0.15, 0.2) is 24.3 Å². The highest BCUT2D eigenvalue weighted by Crippen LogP contribution is 2.01. The predicted molar refractivity (Wildman–Crippen MR) is 76.6 cm³/mol. The van der Waals surface area contributed by atoms with E-state index in [2.05, 4.69) is 16.0 Å². The molecule has 0 spiro atoms. The van der Waals surface area contributed by atoms with Gasteiger partial charge in [0.05, 0.1) is 6.61 Å². The predicted octanol–water partition coefficient (Wildman–Crippen LogP) is 0.891. The van der Waals surface area contributed by atoms with Crippen molar-refractivity contribution in [1.29, 1.82) is 0 Å². The highest BCUT2D eigenvalue weighted by molar-refractivity contribution is 5.94. The van der Waals surface area contributed by atoms with Gasteiger partial charge in [-0.15, -0.1) is 0 Å². The fraction of sp³-hybridized carbons (Fsp3) is 0.429. The van der Waals surface area contributed by atoms with E-state index in [-0.39, 0.29) is 18.5 Å². The molecule has 1 aromatic carbocycles. The molecule has 0 saturated carbocycles. The largest absolute Gasteiger partial charge is 0.380 e. The second kappa shape index (κ2) is 9.71. The van der Waals surface area contributed by atoms with Crippen molar-refractivity contribution in [3.63, 3.8) is 0 Å². The van der Waals surface area contributed by atoms with Crippen molar-refractivity contribution in [3.05, 3.63) is 35.6 Å². The topological polar surface area (TPSA) is 79.5 Å². The third-order valence-electron chi connectivity index (χ3n) is 2.54. The van der Waals surface area contributed by atoms with Crippen LogP contribution in [0.25, 0.3) is 0 Å². The van der Waals surface area contributed by atoms with Gasteiger partial charge in [-0.1, -0.05) is 0 Å². The van der Waals surface area contributed by atoms with Crippen molar-refractivity contribution < 1.29 is 18.7 Å². The van der Waals surface area contributed by atoms with Crippen molar-refractivity contribution in [3.8, 4) is 0 Å². The molecule has 0 unspecified atom stereocenters. The third-order valence-corrected chi connectivity index (χ3v) is 2.54. The molecule has 0 aliphatic carbocycles. The maximum atomic E-state index is 12.7. The van der Waals surface area contributed by atoms with Gasteiger partial charge in [0.25, 0.3) is 5.91 Å². The summed E-state index contributed by atoms with van der Waals surface area (Å²) in [7, 11) is 0. The van der Waals surface area contributed by atoms with Gasteiger partial charge in [0, 0.05) is 31.8 Å². The molecule has 0 aliphatic heterocycles. The van der Waals surface area contributed by atoms with Crippen LogP contribution < -0.4 is 16.0 Å². The van der Waals surface area contributed by atoms with E-state index < -0.39 is 5.82 Å². The molecule has 21 heavy (non-hydrogen) atoms. The van der Waals surface area contributed by atoms with E-state index in [0.717, 1.165) is 0 Å². The molecule has 0 bridgehead atoms. The number of hydrogen-bond acceptors (Lipinski definition) is 3. The van der Waals surface area contributed by atoms with Crippen LogP contribution in [-0.4, -0.2) is 44.8 Å². The first-order valence-electron chi connectivity index (χ1n) is 6.76. The quantitative estimate of drug-likeness (QED) is 0.624. The lowest BCUT2D eigenvalue weighted by Crippen LogP contribution is -2.41. The molecule has 0 heterocycles. The standard InChI is InChI=1S/C14H20FN3O3/c1-2-21-10-9-18-14(20)17-8-7-16-13(19)11-3-5-12(15)6-4-11/h3-6H,2,7-10H2,1H3,(H,16,19)(H2,17,18,20). The molecule has 0 aliphatic rings. The maximum Gasteiger partial charge on any atom is 0.314 e. The Morgan fingerprint density at radius 2 is 1.67 bits per heavy atom. The van der Waals surface area contributed by atoms with Crippen LogP contribution >= 0.6 is 0 Å². The van der Waals surface area contributed by atoms with Gasteiger partial charge in [0.15, 0.2) is 0 Å². The second-order valence-corrected chi connectivity index (χ2v) is 4.14. The Morgan fingerprint density at radius 3 is 2.33 bits per heavy atom. The number of carbonyl (C=O) groups is 2. The van der Waals surface area contributed by atoms with Gasteiger partial charge >= 0.3 is 6.03 Å². The van der Waals surface area contributed by atoms with Crippen molar-refractivity contribution in [1.82, 2.24) is 16.0 Å². The summed E-state index contributed by atoms with van der Waals surface area (Å²) in [5, 5.41) is 7.83. The first kappa shape index (κ1) is 16.9. The SMILES string of the molecule is CCOCCNC(=O)NCCNC(=O)c1ccc(F)cc1. The van der Waals surface area contributed by atoms with E-state index in [4.69, 9.17) is 4.74 Å². The van der Waals surface area contributed by atoms with Crippen LogP contribution in [0.3, 0.4) is 0 Å². The molecule has 3 N–H and O–H groups in total. The zero-order valence-corrected chi connectivity index (χ0v) is 11.9. The Morgan fingerprint density at radius 1 is 1.05 bits per heavy atom. The fourth-order valence-corrected chi connectivity index (χ4v) is 1.50. The van der Waals surface area contributed by atoms with Gasteiger partial charge in [0.2, 0.25) is 0 Å². The number of ether oxygens (including phenoxy) is 1. The van der Waals surface area contributed by atoms with Crippen molar-refractivity contribution in [2.75, 3.05) is 32.8 Å². The summed E-state index contributed by atoms with van der Waals surface area (Å²) in [4.78, 5) is 23.0. The normalized spacial score (nSPS) is 10.0. The van der Waals surface area contributed by atoms with E-state index in [0.29, 0.717) is 31.9 Å². The van der Waals surface area contributed by atoms with E-state index >= 15 is 0 Å². The lowest BCUT2D eigenvalue weighted by molar-refractivity contribution is 0.0954. The second-order valence-electron chi connectivity index (χ2n) is 4.14. The molecule has 1 rings (SSSR count). The minimum Gasteiger partial charge on any atom is -0.380 e. The summed E-state index contributed by atoms with van der Waals surface area (Å²) in [6.07, 6.45) is 0. The van der Waals surface area contributed by atoms with Crippen LogP contribution in [0.4, 0.5) is 9.18 Å². The average Bonchev–Trinajstić information content (AvgIpc) is 2.48. The zero-order valence-electron chi connectivity index (χ0n) is 11.9. The molecule has 7 heteroatoms. The van der Waals surface area contributed by atoms with Gasteiger partial charge in [-0.25, -0.2) is 9.18 Å². The van der Waals surface area contributed by atoms with E-state index in [1.54, 1.807) is 0 Å². The number of carbonyl (C=O) groups excluding carboxylic acids is 2. The average molecular weight is 297 g/mol. The summed E-state index contributed by atoms with van der Waals surface area (Å²) in [6.45, 7) is 3.97. The number of rotatable bonds is 8. The van der Waals surface area contributed by atoms with Gasteiger partial charge in [0.1, 0.15) is 5.82 Å². The van der Waals surface area contributed by atoms with Crippen LogP contribution in [0.1, 0.15) is 17.3 Å². The molecule has 0 atom stereocenters. The lowest BCUT2D eigenvalue weighted by Gasteiger charge is -2.08. The van der Waals surface area contributed by atoms with Gasteiger partial charge < -0.3 is 20.7 Å². The van der Waals surface area contributed by atoms with Gasteiger partial charge in [-0.3, -0.25) is 4.79 Å². The number of amides is 3. The minimum absolute atomic E-state index is 0.287. The monoisotopic (exact) mass is 297 g/mol. The van der Waals surface area contributed by atoms with Crippen LogP contribution in [-0.2, 0) is 4.74 Å². The molecule has 116 valence electrons. The molecule has 0 saturated heterocycles. The molecule has 0 radical (unpaired) electrons.